The summed E-state index contributed by atoms with van der Waals surface area (Å²) >= 11 is 0.999. The Morgan fingerprint density at radius 2 is 2.10 bits per heavy atom. The zero-order chi connectivity index (χ0) is 16.0. The van der Waals surface area contributed by atoms with E-state index in [0.29, 0.717) is 12.0 Å². The molecule has 0 bridgehead atoms. The van der Waals surface area contributed by atoms with E-state index in [-0.39, 0.29) is 16.6 Å². The molecule has 1 aliphatic rings. The average molecular weight is 311 g/mol. The molecule has 1 aliphatic heterocycles. The van der Waals surface area contributed by atoms with E-state index in [2.05, 4.69) is 5.32 Å². The normalized spacial score (nSPS) is 16.0. The number of benzene rings is 1. The number of hydrogen-bond donors (Lipinski definition) is 3. The van der Waals surface area contributed by atoms with Crippen molar-refractivity contribution >= 4 is 30.1 Å². The summed E-state index contributed by atoms with van der Waals surface area (Å²) in [6.45, 7) is 4.00. The molecule has 0 aliphatic carbocycles. The fourth-order valence-electron chi connectivity index (χ4n) is 1.93. The third-order valence-corrected chi connectivity index (χ3v) is 3.33. The second-order valence-corrected chi connectivity index (χ2v) is 4.83. The van der Waals surface area contributed by atoms with Crippen molar-refractivity contribution in [2.45, 2.75) is 26.2 Å². The van der Waals surface area contributed by atoms with Gasteiger partial charge >= 0.3 is 13.1 Å². The van der Waals surface area contributed by atoms with Crippen LogP contribution in [0.1, 0.15) is 29.8 Å². The van der Waals surface area contributed by atoms with Gasteiger partial charge in [-0.05, 0) is 24.3 Å². The molecule has 6 nitrogen and oxygen atoms in total. The maximum Gasteiger partial charge on any atom is 0.547 e. The van der Waals surface area contributed by atoms with Crippen LogP contribution in [-0.2, 0) is 6.42 Å². The van der Waals surface area contributed by atoms with Crippen molar-refractivity contribution in [1.82, 2.24) is 5.32 Å². The van der Waals surface area contributed by atoms with E-state index in [0.717, 1.165) is 11.8 Å². The molecule has 1 aromatic rings. The van der Waals surface area contributed by atoms with Crippen LogP contribution >= 0.6 is 11.8 Å². The molecule has 0 spiro atoms. The van der Waals surface area contributed by atoms with Crippen molar-refractivity contribution in [2.75, 3.05) is 6.26 Å². The van der Waals surface area contributed by atoms with Crippen molar-refractivity contribution in [1.29, 1.82) is 0 Å². The highest BCUT2D eigenvalue weighted by molar-refractivity contribution is 8.12. The second kappa shape index (κ2) is 7.94. The number of carboxylic acid groups (broad SMARTS) is 1. The monoisotopic (exact) mass is 311 g/mol. The summed E-state index contributed by atoms with van der Waals surface area (Å²) in [5, 5.41) is 21.2. The molecule has 114 valence electrons. The molecule has 1 aromatic carbocycles. The Morgan fingerprint density at radius 3 is 2.67 bits per heavy atom. The summed E-state index contributed by atoms with van der Waals surface area (Å²) in [7, 11) is -1.26. The third-order valence-electron chi connectivity index (χ3n) is 2.84. The summed E-state index contributed by atoms with van der Waals surface area (Å²) in [6, 6.07) is 4.73. The topological polar surface area (TPSA) is 95.9 Å². The van der Waals surface area contributed by atoms with Crippen molar-refractivity contribution < 1.29 is 24.4 Å². The fourth-order valence-corrected chi connectivity index (χ4v) is 2.20. The van der Waals surface area contributed by atoms with E-state index in [4.69, 9.17) is 9.76 Å². The summed E-state index contributed by atoms with van der Waals surface area (Å²) in [5.74, 6) is -1.54. The number of para-hydroxylation sites is 1. The van der Waals surface area contributed by atoms with Crippen LogP contribution in [0.3, 0.4) is 0 Å². The Kier molecular flexibility index (Phi) is 6.58. The molecule has 21 heavy (non-hydrogen) atoms. The maximum atomic E-state index is 11.3. The number of nitrogens with one attached hydrogen (secondary N) is 1. The zero-order valence-electron chi connectivity index (χ0n) is 12.1. The van der Waals surface area contributed by atoms with E-state index in [1.165, 1.54) is 6.07 Å². The minimum atomic E-state index is -1.26. The average Bonchev–Trinajstić information content (AvgIpc) is 2.49. The molecular weight excluding hydrogens is 293 g/mol. The minimum Gasteiger partial charge on any atom is -0.534 e. The van der Waals surface area contributed by atoms with Crippen LogP contribution in [0.15, 0.2) is 18.2 Å². The van der Waals surface area contributed by atoms with E-state index in [1.54, 1.807) is 18.4 Å². The van der Waals surface area contributed by atoms with Gasteiger partial charge in [0.05, 0.1) is 11.5 Å². The molecule has 2 rings (SSSR count). The first-order valence-electron chi connectivity index (χ1n) is 6.57. The lowest BCUT2D eigenvalue weighted by Gasteiger charge is -2.28. The minimum absolute atomic E-state index is 0.00573. The first-order valence-corrected chi connectivity index (χ1v) is 7.79. The van der Waals surface area contributed by atoms with Gasteiger partial charge in [-0.2, -0.15) is 0 Å². The molecule has 0 fully saturated rings. The van der Waals surface area contributed by atoms with E-state index in [9.17, 15) is 14.6 Å². The number of rotatable bonds is 2. The summed E-state index contributed by atoms with van der Waals surface area (Å²) in [4.78, 5) is 22.4. The largest absolute Gasteiger partial charge is 0.547 e. The van der Waals surface area contributed by atoms with Gasteiger partial charge < -0.3 is 20.1 Å². The first-order chi connectivity index (χ1) is 10.0. The van der Waals surface area contributed by atoms with Crippen LogP contribution < -0.4 is 9.97 Å². The second-order valence-electron chi connectivity index (χ2n) is 4.05. The molecular formula is C13H18BNO5S. The van der Waals surface area contributed by atoms with Crippen LogP contribution in [0.2, 0.25) is 0 Å². The Hall–Kier alpha value is -1.67. The number of hydrogen-bond acceptors (Lipinski definition) is 5. The van der Waals surface area contributed by atoms with Gasteiger partial charge in [0.2, 0.25) is 0 Å². The molecule has 0 saturated heterocycles. The van der Waals surface area contributed by atoms with Crippen molar-refractivity contribution in [3.05, 3.63) is 29.3 Å². The summed E-state index contributed by atoms with van der Waals surface area (Å²) in [5.41, 5.74) is 0.655. The molecule has 1 heterocycles. The molecule has 0 radical (unpaired) electrons. The molecule has 8 heteroatoms. The molecule has 0 aromatic heterocycles. The van der Waals surface area contributed by atoms with Crippen LogP contribution in [0, 0.1) is 0 Å². The quantitative estimate of drug-likeness (QED) is 0.721. The van der Waals surface area contributed by atoms with Gasteiger partial charge in [-0.3, -0.25) is 4.79 Å². The maximum absolute atomic E-state index is 11.3. The third kappa shape index (κ3) is 4.15. The van der Waals surface area contributed by atoms with Crippen molar-refractivity contribution in [3.8, 4) is 5.75 Å². The lowest BCUT2D eigenvalue weighted by Crippen LogP contribution is -2.52. The lowest BCUT2D eigenvalue weighted by atomic mass is 9.72. The van der Waals surface area contributed by atoms with E-state index in [1.807, 2.05) is 13.8 Å². The van der Waals surface area contributed by atoms with Gasteiger partial charge in [-0.15, -0.1) is 0 Å². The number of carbonyl (C=O) groups is 2. The van der Waals surface area contributed by atoms with E-state index >= 15 is 0 Å². The number of aromatic carboxylic acids is 1. The lowest BCUT2D eigenvalue weighted by molar-refractivity contribution is 0.0694. The molecule has 1 amide bonds. The van der Waals surface area contributed by atoms with Gasteiger partial charge in [-0.25, -0.2) is 4.79 Å². The highest BCUT2D eigenvalue weighted by atomic mass is 32.2. The smallest absolute Gasteiger partial charge is 0.534 e. The van der Waals surface area contributed by atoms with Crippen molar-refractivity contribution in [2.24, 2.45) is 0 Å². The van der Waals surface area contributed by atoms with Crippen LogP contribution in [-0.4, -0.2) is 40.7 Å². The van der Waals surface area contributed by atoms with Crippen LogP contribution in [0.25, 0.3) is 0 Å². The van der Waals surface area contributed by atoms with Crippen LogP contribution in [0.4, 0.5) is 4.79 Å². The summed E-state index contributed by atoms with van der Waals surface area (Å²) < 4.78 is 5.23. The number of carbonyl (C=O) groups excluding carboxylic acids is 1. The SMILES string of the molecule is CC.CSC(=O)N[C@H]1Cc2cccc(C(=O)O)c2OB1O. The Bertz CT molecular complexity index is 525. The predicted molar refractivity (Wildman–Crippen MR) is 82.9 cm³/mol. The number of fused-ring (bicyclic) bond motifs is 1. The fraction of sp³-hybridized carbons (Fsp3) is 0.385. The zero-order valence-corrected chi connectivity index (χ0v) is 12.9. The highest BCUT2D eigenvalue weighted by Crippen LogP contribution is 2.30. The first kappa shape index (κ1) is 17.4. The van der Waals surface area contributed by atoms with Gasteiger partial charge in [0.15, 0.2) is 0 Å². The highest BCUT2D eigenvalue weighted by Gasteiger charge is 2.37. The standard InChI is InChI=1S/C11H12BNO5S.C2H6/c1-19-11(16)13-8-5-6-3-2-4-7(10(14)15)9(6)18-12(8)17;1-2/h2-4,8,17H,5H2,1H3,(H,13,16)(H,14,15);1-2H3/t8-;/m0./s1. The molecule has 1 atom stereocenters. The van der Waals surface area contributed by atoms with E-state index < -0.39 is 19.0 Å². The Labute approximate surface area is 128 Å². The van der Waals surface area contributed by atoms with Gasteiger partial charge in [0.1, 0.15) is 5.75 Å². The van der Waals surface area contributed by atoms with Gasteiger partial charge in [0.25, 0.3) is 5.24 Å². The number of amides is 1. The Morgan fingerprint density at radius 1 is 1.43 bits per heavy atom. The van der Waals surface area contributed by atoms with Gasteiger partial charge in [0, 0.05) is 0 Å². The molecule has 0 saturated carbocycles. The molecule has 3 N–H and O–H groups in total. The summed E-state index contributed by atoms with van der Waals surface area (Å²) in [6.07, 6.45) is 1.95. The van der Waals surface area contributed by atoms with Crippen LogP contribution in [0.5, 0.6) is 5.75 Å². The van der Waals surface area contributed by atoms with Gasteiger partial charge in [-0.1, -0.05) is 37.7 Å². The number of thioether (sulfide) groups is 1. The predicted octanol–water partition coefficient (Wildman–Crippen LogP) is 1.81. The Balaban J connectivity index is 0.00000106. The molecule has 0 unspecified atom stereocenters. The van der Waals surface area contributed by atoms with Crippen molar-refractivity contribution in [3.63, 3.8) is 0 Å². The number of carboxylic acids is 1.